The van der Waals surface area contributed by atoms with Crippen molar-refractivity contribution in [2.75, 3.05) is 19.8 Å². The van der Waals surface area contributed by atoms with Gasteiger partial charge in [-0.15, -0.1) is 0 Å². The van der Waals surface area contributed by atoms with E-state index in [2.05, 4.69) is 41.5 Å². The maximum Gasteiger partial charge on any atom is 0.251 e. The van der Waals surface area contributed by atoms with Crippen molar-refractivity contribution in [3.63, 3.8) is 0 Å². The minimum absolute atomic E-state index is 0.110. The van der Waals surface area contributed by atoms with Crippen LogP contribution >= 0.6 is 0 Å². The van der Waals surface area contributed by atoms with E-state index < -0.39 is 0 Å². The van der Waals surface area contributed by atoms with Gasteiger partial charge in [-0.1, -0.05) is 35.9 Å². The second-order valence-corrected chi connectivity index (χ2v) is 8.37. The summed E-state index contributed by atoms with van der Waals surface area (Å²) in [5.74, 6) is 0.576. The molecule has 1 aliphatic heterocycles. The summed E-state index contributed by atoms with van der Waals surface area (Å²) in [5, 5.41) is 3.03. The van der Waals surface area contributed by atoms with E-state index >= 15 is 0 Å². The molecule has 1 aliphatic rings. The highest BCUT2D eigenvalue weighted by Gasteiger charge is 2.17. The Hall–Kier alpha value is -3.18. The van der Waals surface area contributed by atoms with E-state index in [0.29, 0.717) is 24.5 Å². The lowest BCUT2D eigenvalue weighted by Gasteiger charge is -2.14. The van der Waals surface area contributed by atoms with E-state index in [1.165, 1.54) is 5.56 Å². The van der Waals surface area contributed by atoms with Gasteiger partial charge in [0.2, 0.25) is 0 Å². The van der Waals surface area contributed by atoms with Crippen LogP contribution in [0.3, 0.4) is 0 Å². The molecule has 2 aromatic carbocycles. The molecule has 1 aromatic heterocycles. The van der Waals surface area contributed by atoms with Crippen molar-refractivity contribution < 1.29 is 14.3 Å². The number of carbonyl (C=O) groups is 1. The largest absolute Gasteiger partial charge is 0.491 e. The van der Waals surface area contributed by atoms with Gasteiger partial charge in [0.15, 0.2) is 0 Å². The number of amides is 1. The molecule has 0 unspecified atom stereocenters. The summed E-state index contributed by atoms with van der Waals surface area (Å²) in [5.41, 5.74) is 5.89. The zero-order chi connectivity index (χ0) is 22.3. The maximum absolute atomic E-state index is 12.9. The molecule has 166 valence electrons. The number of aryl methyl sites for hydroxylation is 2. The molecule has 1 atom stereocenters. The Balaban J connectivity index is 1.48. The van der Waals surface area contributed by atoms with Crippen LogP contribution in [0.5, 0.6) is 5.75 Å². The highest BCUT2D eigenvalue weighted by Crippen LogP contribution is 2.27. The number of nitrogens with one attached hydrogen (secondary N) is 1. The van der Waals surface area contributed by atoms with Crippen LogP contribution < -0.4 is 10.1 Å². The summed E-state index contributed by atoms with van der Waals surface area (Å²) >= 11 is 0. The van der Waals surface area contributed by atoms with Crippen molar-refractivity contribution in [3.8, 4) is 16.9 Å². The van der Waals surface area contributed by atoms with Crippen LogP contribution in [0, 0.1) is 13.8 Å². The molecule has 3 aromatic rings. The minimum Gasteiger partial charge on any atom is -0.491 e. The number of carbonyl (C=O) groups excluding carboxylic acids is 1. The fourth-order valence-electron chi connectivity index (χ4n) is 3.76. The molecule has 0 radical (unpaired) electrons. The third-order valence-corrected chi connectivity index (χ3v) is 5.69. The first-order chi connectivity index (χ1) is 15.6. The molecule has 5 heteroatoms. The zero-order valence-electron chi connectivity index (χ0n) is 18.8. The summed E-state index contributed by atoms with van der Waals surface area (Å²) in [6, 6.07) is 18.1. The SMILES string of the molecule is Cc1ccc(-c2cc(OC[C@H]3CCCO3)cc(C(=O)NCCc3ccc(C)nc3)c2)cc1. The van der Waals surface area contributed by atoms with E-state index in [4.69, 9.17) is 9.47 Å². The first-order valence-electron chi connectivity index (χ1n) is 11.2. The van der Waals surface area contributed by atoms with Crippen molar-refractivity contribution in [1.29, 1.82) is 0 Å². The Kier molecular flexibility index (Phi) is 7.17. The molecule has 2 heterocycles. The van der Waals surface area contributed by atoms with Crippen LogP contribution in [-0.4, -0.2) is 36.8 Å². The van der Waals surface area contributed by atoms with Crippen LogP contribution in [-0.2, 0) is 11.2 Å². The van der Waals surface area contributed by atoms with Crippen molar-refractivity contribution in [3.05, 3.63) is 83.2 Å². The molecule has 1 amide bonds. The summed E-state index contributed by atoms with van der Waals surface area (Å²) in [6.07, 6.45) is 4.80. The first kappa shape index (κ1) is 22.0. The molecule has 0 bridgehead atoms. The number of benzene rings is 2. The van der Waals surface area contributed by atoms with Crippen LogP contribution in [0.2, 0.25) is 0 Å². The summed E-state index contributed by atoms with van der Waals surface area (Å²) < 4.78 is 11.7. The maximum atomic E-state index is 12.9. The standard InChI is InChI=1S/C27H30N2O3/c1-19-5-9-22(10-6-19)23-14-24(16-26(15-23)32-18-25-4-3-13-31-25)27(30)28-12-11-21-8-7-20(2)29-17-21/h5-10,14-17,25H,3-4,11-13,18H2,1-2H3,(H,28,30)/t25-/m1/s1. The third-order valence-electron chi connectivity index (χ3n) is 5.69. The van der Waals surface area contributed by atoms with Gasteiger partial charge in [-0.25, -0.2) is 0 Å². The quantitative estimate of drug-likeness (QED) is 0.552. The smallest absolute Gasteiger partial charge is 0.251 e. The number of rotatable bonds is 8. The molecule has 0 aliphatic carbocycles. The van der Waals surface area contributed by atoms with E-state index in [0.717, 1.165) is 48.3 Å². The monoisotopic (exact) mass is 430 g/mol. The van der Waals surface area contributed by atoms with E-state index in [1.807, 2.05) is 43.5 Å². The predicted molar refractivity (Wildman–Crippen MR) is 126 cm³/mol. The zero-order valence-corrected chi connectivity index (χ0v) is 18.8. The van der Waals surface area contributed by atoms with Gasteiger partial charge in [0, 0.05) is 30.6 Å². The average Bonchev–Trinajstić information content (AvgIpc) is 3.33. The van der Waals surface area contributed by atoms with E-state index in [-0.39, 0.29) is 12.0 Å². The Morgan fingerprint density at radius 3 is 2.66 bits per heavy atom. The molecule has 5 nitrogen and oxygen atoms in total. The molecule has 1 fully saturated rings. The lowest BCUT2D eigenvalue weighted by atomic mass is 10.0. The van der Waals surface area contributed by atoms with Gasteiger partial charge in [0.1, 0.15) is 12.4 Å². The molecule has 4 rings (SSSR count). The molecular weight excluding hydrogens is 400 g/mol. The molecule has 0 saturated carbocycles. The Bertz CT molecular complexity index is 1040. The fourth-order valence-corrected chi connectivity index (χ4v) is 3.76. The van der Waals surface area contributed by atoms with E-state index in [9.17, 15) is 4.79 Å². The van der Waals surface area contributed by atoms with Crippen molar-refractivity contribution in [1.82, 2.24) is 10.3 Å². The summed E-state index contributed by atoms with van der Waals surface area (Å²) in [6.45, 7) is 5.86. The lowest BCUT2D eigenvalue weighted by molar-refractivity contribution is 0.0679. The summed E-state index contributed by atoms with van der Waals surface area (Å²) in [7, 11) is 0. The molecule has 32 heavy (non-hydrogen) atoms. The van der Waals surface area contributed by atoms with Gasteiger partial charge < -0.3 is 14.8 Å². The van der Waals surface area contributed by atoms with Crippen LogP contribution in [0.25, 0.3) is 11.1 Å². The number of pyridine rings is 1. The van der Waals surface area contributed by atoms with Crippen molar-refractivity contribution >= 4 is 5.91 Å². The van der Waals surface area contributed by atoms with Crippen LogP contribution in [0.4, 0.5) is 0 Å². The average molecular weight is 431 g/mol. The minimum atomic E-state index is -0.110. The van der Waals surface area contributed by atoms with Gasteiger partial charge in [0.05, 0.1) is 6.10 Å². The molecule has 1 N–H and O–H groups in total. The molecule has 1 saturated heterocycles. The Labute approximate surface area is 189 Å². The van der Waals surface area contributed by atoms with Gasteiger partial charge >= 0.3 is 0 Å². The lowest BCUT2D eigenvalue weighted by Crippen LogP contribution is -2.26. The van der Waals surface area contributed by atoms with Crippen molar-refractivity contribution in [2.24, 2.45) is 0 Å². The summed E-state index contributed by atoms with van der Waals surface area (Å²) in [4.78, 5) is 17.2. The topological polar surface area (TPSA) is 60.5 Å². The number of hydrogen-bond donors (Lipinski definition) is 1. The number of aromatic nitrogens is 1. The number of nitrogens with zero attached hydrogens (tertiary/aromatic N) is 1. The second-order valence-electron chi connectivity index (χ2n) is 8.37. The van der Waals surface area contributed by atoms with Crippen LogP contribution in [0.1, 0.15) is 40.0 Å². The number of ether oxygens (including phenoxy) is 2. The van der Waals surface area contributed by atoms with Gasteiger partial charge in [-0.2, -0.15) is 0 Å². The normalized spacial score (nSPS) is 15.5. The van der Waals surface area contributed by atoms with Crippen LogP contribution in [0.15, 0.2) is 60.8 Å². The van der Waals surface area contributed by atoms with Gasteiger partial charge in [-0.05, 0) is 74.1 Å². The van der Waals surface area contributed by atoms with Crippen molar-refractivity contribution in [2.45, 2.75) is 39.2 Å². The Morgan fingerprint density at radius 1 is 1.09 bits per heavy atom. The first-order valence-corrected chi connectivity index (χ1v) is 11.2. The predicted octanol–water partition coefficient (Wildman–Crippen LogP) is 4.90. The number of hydrogen-bond acceptors (Lipinski definition) is 4. The van der Waals surface area contributed by atoms with Gasteiger partial charge in [0.25, 0.3) is 5.91 Å². The highest BCUT2D eigenvalue weighted by molar-refractivity contribution is 5.96. The fraction of sp³-hybridized carbons (Fsp3) is 0.333. The third kappa shape index (κ3) is 5.95. The van der Waals surface area contributed by atoms with E-state index in [1.54, 1.807) is 0 Å². The second kappa shape index (κ2) is 10.4. The van der Waals surface area contributed by atoms with Gasteiger partial charge in [-0.3, -0.25) is 9.78 Å². The highest BCUT2D eigenvalue weighted by atomic mass is 16.5. The molecule has 0 spiro atoms. The molecular formula is C27H30N2O3. The Morgan fingerprint density at radius 2 is 1.94 bits per heavy atom.